The van der Waals surface area contributed by atoms with Crippen LogP contribution in [0.1, 0.15) is 290 Å². The summed E-state index contributed by atoms with van der Waals surface area (Å²) in [6.45, 7) is 3.75. The fraction of sp³-hybridized carbons (Fsp3) is 0.893. The number of unbranched alkanes of at least 4 members (excludes halogenated alkanes) is 37. The van der Waals surface area contributed by atoms with E-state index >= 15 is 0 Å². The molecule has 0 radical (unpaired) electrons. The molecule has 0 aromatic rings. The maximum absolute atomic E-state index is 12.6. The van der Waals surface area contributed by atoms with Crippen LogP contribution >= 0.6 is 7.82 Å². The van der Waals surface area contributed by atoms with Gasteiger partial charge >= 0.3 is 19.8 Å². The molecule has 0 aromatic heterocycles. The third kappa shape index (κ3) is 51.9. The summed E-state index contributed by atoms with van der Waals surface area (Å²) in [6, 6.07) is 0. The second-order valence-electron chi connectivity index (χ2n) is 19.2. The van der Waals surface area contributed by atoms with Crippen LogP contribution in [-0.4, -0.2) is 49.3 Å². The monoisotopic (exact) mass is 954 g/mol. The predicted octanol–water partition coefficient (Wildman–Crippen LogP) is 17.5. The van der Waals surface area contributed by atoms with Gasteiger partial charge in [-0.15, -0.1) is 0 Å². The Labute approximate surface area is 408 Å². The van der Waals surface area contributed by atoms with E-state index in [9.17, 15) is 19.0 Å². The molecule has 2 unspecified atom stereocenters. The molecule has 2 atom stereocenters. The van der Waals surface area contributed by atoms with Crippen molar-refractivity contribution >= 4 is 19.8 Å². The summed E-state index contributed by atoms with van der Waals surface area (Å²) >= 11 is 0. The lowest BCUT2D eigenvalue weighted by Crippen LogP contribution is -2.29. The third-order valence-corrected chi connectivity index (χ3v) is 13.6. The van der Waals surface area contributed by atoms with Crippen molar-refractivity contribution in [1.82, 2.24) is 0 Å². The summed E-state index contributed by atoms with van der Waals surface area (Å²) in [5, 5.41) is 0. The zero-order chi connectivity index (χ0) is 48.1. The predicted molar refractivity (Wildman–Crippen MR) is 280 cm³/mol. The molecule has 10 heteroatoms. The Hall–Kier alpha value is -1.51. The van der Waals surface area contributed by atoms with Crippen molar-refractivity contribution in [3.05, 3.63) is 24.3 Å². The Kier molecular flexibility index (Phi) is 51.6. The van der Waals surface area contributed by atoms with E-state index < -0.39 is 26.5 Å². The van der Waals surface area contributed by atoms with Crippen LogP contribution in [0.25, 0.3) is 0 Å². The van der Waals surface area contributed by atoms with Crippen molar-refractivity contribution in [3.63, 3.8) is 0 Å². The van der Waals surface area contributed by atoms with Gasteiger partial charge in [0.1, 0.15) is 6.61 Å². The standard InChI is InChI=1S/C56H108NO8P/c1-3-5-7-9-11-13-15-16-17-18-19-20-21-22-23-24-25-26-27-28-29-30-31-32-33-34-35-36-37-38-39-41-43-45-47-49-56(59)65-54(53-64-66(60,61)63-51-50-57)52-62-55(58)48-46-44-42-40-14-12-10-8-6-4-2/h15-16,18-19,54H,3-14,17,20-53,57H2,1-2H3,(H,60,61)/b16-15-,19-18-. The van der Waals surface area contributed by atoms with Crippen LogP contribution in [-0.2, 0) is 32.7 Å². The zero-order valence-corrected chi connectivity index (χ0v) is 44.3. The van der Waals surface area contributed by atoms with Crippen molar-refractivity contribution in [2.75, 3.05) is 26.4 Å². The summed E-state index contributed by atoms with van der Waals surface area (Å²) in [5.41, 5.74) is 5.36. The molecule has 0 bridgehead atoms. The SMILES string of the molecule is CCCCCCC/C=C\C/C=C\CCCCCCCCCCCCCCCCCCCCCCCCCC(=O)OC(COC(=O)CCCCCCCCCCCC)COP(=O)(O)OCCN. The molecule has 0 aromatic carbocycles. The molecule has 0 saturated heterocycles. The Morgan fingerprint density at radius 2 is 0.788 bits per heavy atom. The van der Waals surface area contributed by atoms with E-state index in [0.29, 0.717) is 6.42 Å². The Morgan fingerprint density at radius 3 is 1.15 bits per heavy atom. The lowest BCUT2D eigenvalue weighted by molar-refractivity contribution is -0.161. The van der Waals surface area contributed by atoms with Crippen LogP contribution in [0, 0.1) is 0 Å². The van der Waals surface area contributed by atoms with Gasteiger partial charge in [0, 0.05) is 19.4 Å². The molecule has 0 aliphatic carbocycles. The molecule has 0 aliphatic rings. The number of phosphoric acid groups is 1. The minimum atomic E-state index is -4.37. The lowest BCUT2D eigenvalue weighted by Gasteiger charge is -2.19. The van der Waals surface area contributed by atoms with Crippen LogP contribution in [0.4, 0.5) is 0 Å². The average Bonchev–Trinajstić information content (AvgIpc) is 3.31. The quantitative estimate of drug-likeness (QED) is 0.0264. The smallest absolute Gasteiger partial charge is 0.462 e. The molecule has 0 aliphatic heterocycles. The highest BCUT2D eigenvalue weighted by molar-refractivity contribution is 7.47. The second kappa shape index (κ2) is 52.9. The summed E-state index contributed by atoms with van der Waals surface area (Å²) in [5.74, 6) is -0.814. The number of rotatable bonds is 54. The van der Waals surface area contributed by atoms with E-state index in [0.717, 1.165) is 38.5 Å². The summed E-state index contributed by atoms with van der Waals surface area (Å²) in [4.78, 5) is 34.9. The molecule has 0 saturated carbocycles. The number of carbonyl (C=O) groups excluding carboxylic acids is 2. The first-order valence-corrected chi connectivity index (χ1v) is 29.8. The zero-order valence-electron chi connectivity index (χ0n) is 43.5. The molecule has 9 nitrogen and oxygen atoms in total. The normalized spacial score (nSPS) is 13.2. The number of nitrogens with two attached hydrogens (primary N) is 1. The molecule has 0 amide bonds. The van der Waals surface area contributed by atoms with E-state index in [1.54, 1.807) is 0 Å². The van der Waals surface area contributed by atoms with Crippen molar-refractivity contribution in [2.24, 2.45) is 5.73 Å². The Morgan fingerprint density at radius 1 is 0.455 bits per heavy atom. The topological polar surface area (TPSA) is 134 Å². The number of ether oxygens (including phenoxy) is 2. The Bertz CT molecular complexity index is 1130. The molecular formula is C56H108NO8P. The van der Waals surface area contributed by atoms with Crippen molar-refractivity contribution in [3.8, 4) is 0 Å². The molecule has 0 heterocycles. The van der Waals surface area contributed by atoms with Gasteiger partial charge in [0.2, 0.25) is 0 Å². The average molecular weight is 954 g/mol. The van der Waals surface area contributed by atoms with Crippen molar-refractivity contribution in [2.45, 2.75) is 296 Å². The fourth-order valence-electron chi connectivity index (χ4n) is 8.37. The van der Waals surface area contributed by atoms with Gasteiger partial charge in [0.15, 0.2) is 6.10 Å². The number of hydrogen-bond acceptors (Lipinski definition) is 8. The molecule has 3 N–H and O–H groups in total. The van der Waals surface area contributed by atoms with Crippen molar-refractivity contribution < 1.29 is 37.6 Å². The number of hydrogen-bond donors (Lipinski definition) is 2. The van der Waals surface area contributed by atoms with Gasteiger partial charge in [0.25, 0.3) is 0 Å². The van der Waals surface area contributed by atoms with E-state index in [2.05, 4.69) is 38.2 Å². The van der Waals surface area contributed by atoms with Gasteiger partial charge in [-0.05, 0) is 44.9 Å². The molecule has 0 spiro atoms. The van der Waals surface area contributed by atoms with Gasteiger partial charge in [-0.1, -0.05) is 256 Å². The van der Waals surface area contributed by atoms with E-state index in [-0.39, 0.29) is 38.6 Å². The molecular weight excluding hydrogens is 846 g/mol. The molecule has 66 heavy (non-hydrogen) atoms. The molecule has 0 rings (SSSR count). The molecule has 0 fully saturated rings. The highest BCUT2D eigenvalue weighted by Crippen LogP contribution is 2.43. The van der Waals surface area contributed by atoms with Crippen molar-refractivity contribution in [1.29, 1.82) is 0 Å². The highest BCUT2D eigenvalue weighted by atomic mass is 31.2. The maximum atomic E-state index is 12.6. The minimum absolute atomic E-state index is 0.0567. The van der Waals surface area contributed by atoms with E-state index in [1.165, 1.54) is 218 Å². The van der Waals surface area contributed by atoms with Crippen LogP contribution < -0.4 is 5.73 Å². The first-order valence-electron chi connectivity index (χ1n) is 28.3. The first-order chi connectivity index (χ1) is 32.3. The highest BCUT2D eigenvalue weighted by Gasteiger charge is 2.26. The summed E-state index contributed by atoms with van der Waals surface area (Å²) in [7, 11) is -4.37. The summed E-state index contributed by atoms with van der Waals surface area (Å²) < 4.78 is 32.9. The van der Waals surface area contributed by atoms with Crippen LogP contribution in [0.5, 0.6) is 0 Å². The largest absolute Gasteiger partial charge is 0.472 e. The van der Waals surface area contributed by atoms with Gasteiger partial charge in [-0.25, -0.2) is 4.57 Å². The van der Waals surface area contributed by atoms with Crippen LogP contribution in [0.3, 0.4) is 0 Å². The first kappa shape index (κ1) is 64.5. The van der Waals surface area contributed by atoms with E-state index in [4.69, 9.17) is 24.3 Å². The summed E-state index contributed by atoms with van der Waals surface area (Å²) in [6.07, 6.45) is 61.2. The lowest BCUT2D eigenvalue weighted by atomic mass is 10.0. The van der Waals surface area contributed by atoms with Gasteiger partial charge in [-0.2, -0.15) is 0 Å². The van der Waals surface area contributed by atoms with Crippen LogP contribution in [0.15, 0.2) is 24.3 Å². The number of esters is 2. The van der Waals surface area contributed by atoms with E-state index in [1.807, 2.05) is 0 Å². The van der Waals surface area contributed by atoms with Crippen LogP contribution in [0.2, 0.25) is 0 Å². The van der Waals surface area contributed by atoms with Gasteiger partial charge in [-0.3, -0.25) is 18.6 Å². The minimum Gasteiger partial charge on any atom is -0.462 e. The third-order valence-electron chi connectivity index (χ3n) is 12.6. The molecule has 390 valence electrons. The Balaban J connectivity index is 3.75. The fourth-order valence-corrected chi connectivity index (χ4v) is 9.14. The number of phosphoric ester groups is 1. The second-order valence-corrected chi connectivity index (χ2v) is 20.6. The van der Waals surface area contributed by atoms with Gasteiger partial charge < -0.3 is 20.1 Å². The number of allylic oxidation sites excluding steroid dienone is 4. The number of carbonyl (C=O) groups is 2. The maximum Gasteiger partial charge on any atom is 0.472 e. The van der Waals surface area contributed by atoms with Gasteiger partial charge in [0.05, 0.1) is 13.2 Å².